The monoisotopic (exact) mass is 349 g/mol. The van der Waals surface area contributed by atoms with Gasteiger partial charge in [-0.15, -0.1) is 0 Å². The minimum atomic E-state index is -3.58. The van der Waals surface area contributed by atoms with E-state index in [2.05, 4.69) is 9.71 Å². The van der Waals surface area contributed by atoms with Gasteiger partial charge in [0.2, 0.25) is 10.0 Å². The molecule has 0 saturated heterocycles. The van der Waals surface area contributed by atoms with Crippen LogP contribution in [0.15, 0.2) is 39.8 Å². The SMILES string of the molecule is Cc1nc(-c2ccc(S(=O)(=O)NC(CN)C3CCCC3)cc2)co1. The molecule has 1 aromatic heterocycles. The lowest BCUT2D eigenvalue weighted by molar-refractivity contribution is 0.405. The van der Waals surface area contributed by atoms with E-state index in [-0.39, 0.29) is 10.9 Å². The molecular formula is C17H23N3O3S. The maximum absolute atomic E-state index is 12.6. The van der Waals surface area contributed by atoms with E-state index in [1.54, 1.807) is 37.5 Å². The summed E-state index contributed by atoms with van der Waals surface area (Å²) in [4.78, 5) is 4.48. The second-order valence-corrected chi connectivity index (χ2v) is 8.00. The predicted octanol–water partition coefficient (Wildman–Crippen LogP) is 2.45. The number of aryl methyl sites for hydroxylation is 1. The molecule has 1 aliphatic rings. The van der Waals surface area contributed by atoms with Gasteiger partial charge in [-0.1, -0.05) is 25.0 Å². The molecule has 6 nitrogen and oxygen atoms in total. The van der Waals surface area contributed by atoms with Gasteiger partial charge in [-0.3, -0.25) is 0 Å². The van der Waals surface area contributed by atoms with Crippen molar-refractivity contribution in [1.82, 2.24) is 9.71 Å². The van der Waals surface area contributed by atoms with Gasteiger partial charge >= 0.3 is 0 Å². The second-order valence-electron chi connectivity index (χ2n) is 6.28. The van der Waals surface area contributed by atoms with Crippen molar-refractivity contribution in [2.75, 3.05) is 6.54 Å². The summed E-state index contributed by atoms with van der Waals surface area (Å²) < 4.78 is 33.2. The van der Waals surface area contributed by atoms with Crippen LogP contribution in [-0.4, -0.2) is 26.0 Å². The topological polar surface area (TPSA) is 98.2 Å². The Labute approximate surface area is 142 Å². The van der Waals surface area contributed by atoms with E-state index in [9.17, 15) is 8.42 Å². The van der Waals surface area contributed by atoms with Crippen molar-refractivity contribution >= 4 is 10.0 Å². The Morgan fingerprint density at radius 2 is 1.96 bits per heavy atom. The maximum atomic E-state index is 12.6. The van der Waals surface area contributed by atoms with Crippen LogP contribution in [0, 0.1) is 12.8 Å². The van der Waals surface area contributed by atoms with Gasteiger partial charge in [0.05, 0.1) is 4.90 Å². The molecule has 0 radical (unpaired) electrons. The third-order valence-electron chi connectivity index (χ3n) is 4.61. The molecule has 2 aromatic rings. The van der Waals surface area contributed by atoms with Crippen LogP contribution in [0.3, 0.4) is 0 Å². The number of nitrogens with one attached hydrogen (secondary N) is 1. The van der Waals surface area contributed by atoms with Gasteiger partial charge in [0.25, 0.3) is 0 Å². The number of hydrogen-bond acceptors (Lipinski definition) is 5. The predicted molar refractivity (Wildman–Crippen MR) is 91.8 cm³/mol. The lowest BCUT2D eigenvalue weighted by atomic mass is 9.99. The average Bonchev–Trinajstić information content (AvgIpc) is 3.24. The van der Waals surface area contributed by atoms with Crippen LogP contribution in [-0.2, 0) is 10.0 Å². The van der Waals surface area contributed by atoms with E-state index in [1.807, 2.05) is 0 Å². The maximum Gasteiger partial charge on any atom is 0.240 e. The number of aromatic nitrogens is 1. The Hall–Kier alpha value is -1.70. The number of nitrogens with two attached hydrogens (primary N) is 1. The van der Waals surface area contributed by atoms with E-state index in [0.717, 1.165) is 31.2 Å². The minimum Gasteiger partial charge on any atom is -0.449 e. The van der Waals surface area contributed by atoms with E-state index in [4.69, 9.17) is 10.2 Å². The third-order valence-corrected chi connectivity index (χ3v) is 6.11. The highest BCUT2D eigenvalue weighted by Gasteiger charge is 2.28. The van der Waals surface area contributed by atoms with Crippen molar-refractivity contribution in [2.45, 2.75) is 43.5 Å². The highest BCUT2D eigenvalue weighted by Crippen LogP contribution is 2.28. The van der Waals surface area contributed by atoms with Crippen LogP contribution in [0.1, 0.15) is 31.6 Å². The highest BCUT2D eigenvalue weighted by atomic mass is 32.2. The molecule has 3 rings (SSSR count). The molecule has 7 heteroatoms. The molecule has 1 fully saturated rings. The fourth-order valence-corrected chi connectivity index (χ4v) is 4.58. The van der Waals surface area contributed by atoms with Gasteiger partial charge in [-0.05, 0) is 30.9 Å². The Morgan fingerprint density at radius 1 is 1.29 bits per heavy atom. The number of hydrogen-bond donors (Lipinski definition) is 2. The van der Waals surface area contributed by atoms with Crippen molar-refractivity contribution in [3.63, 3.8) is 0 Å². The first kappa shape index (κ1) is 17.1. The summed E-state index contributed by atoms with van der Waals surface area (Å²) in [6.07, 6.45) is 5.93. The van der Waals surface area contributed by atoms with Crippen molar-refractivity contribution in [1.29, 1.82) is 0 Å². The summed E-state index contributed by atoms with van der Waals surface area (Å²) in [5, 5.41) is 0. The molecular weight excluding hydrogens is 326 g/mol. The average molecular weight is 349 g/mol. The van der Waals surface area contributed by atoms with Gasteiger partial charge in [0.15, 0.2) is 5.89 Å². The molecule has 1 saturated carbocycles. The summed E-state index contributed by atoms with van der Waals surface area (Å²) in [6.45, 7) is 2.09. The number of benzene rings is 1. The van der Waals surface area contributed by atoms with E-state index >= 15 is 0 Å². The molecule has 1 heterocycles. The van der Waals surface area contributed by atoms with Crippen molar-refractivity contribution in [2.24, 2.45) is 11.7 Å². The summed E-state index contributed by atoms with van der Waals surface area (Å²) in [7, 11) is -3.58. The summed E-state index contributed by atoms with van der Waals surface area (Å²) in [6, 6.07) is 6.45. The number of sulfonamides is 1. The fraction of sp³-hybridized carbons (Fsp3) is 0.471. The van der Waals surface area contributed by atoms with Crippen LogP contribution in [0.2, 0.25) is 0 Å². The first-order valence-corrected chi connectivity index (χ1v) is 9.73. The summed E-state index contributed by atoms with van der Waals surface area (Å²) >= 11 is 0. The van der Waals surface area contributed by atoms with Crippen LogP contribution in [0.4, 0.5) is 0 Å². The molecule has 0 spiro atoms. The molecule has 0 aliphatic heterocycles. The normalized spacial score (nSPS) is 17.2. The Morgan fingerprint density at radius 3 is 2.50 bits per heavy atom. The standard InChI is InChI=1S/C17H23N3O3S/c1-12-19-17(11-23-12)14-6-8-15(9-7-14)24(21,22)20-16(10-18)13-4-2-3-5-13/h6-9,11,13,16,20H,2-5,10,18H2,1H3. The molecule has 3 N–H and O–H groups in total. The first-order valence-electron chi connectivity index (χ1n) is 8.24. The zero-order chi connectivity index (χ0) is 17.2. The third kappa shape index (κ3) is 3.68. The lowest BCUT2D eigenvalue weighted by Crippen LogP contribution is -2.44. The first-order chi connectivity index (χ1) is 11.5. The quantitative estimate of drug-likeness (QED) is 0.835. The zero-order valence-electron chi connectivity index (χ0n) is 13.7. The van der Waals surface area contributed by atoms with Crippen molar-refractivity contribution in [3.8, 4) is 11.3 Å². The second kappa shape index (κ2) is 7.04. The van der Waals surface area contributed by atoms with E-state index < -0.39 is 10.0 Å². The fourth-order valence-electron chi connectivity index (χ4n) is 3.26. The van der Waals surface area contributed by atoms with Crippen molar-refractivity contribution < 1.29 is 12.8 Å². The van der Waals surface area contributed by atoms with Crippen LogP contribution in [0.25, 0.3) is 11.3 Å². The molecule has 130 valence electrons. The Bertz CT molecular complexity index is 778. The number of rotatable bonds is 6. The molecule has 0 bridgehead atoms. The van der Waals surface area contributed by atoms with Gasteiger partial charge in [0, 0.05) is 25.1 Å². The van der Waals surface area contributed by atoms with Gasteiger partial charge in [-0.25, -0.2) is 18.1 Å². The molecule has 1 unspecified atom stereocenters. The van der Waals surface area contributed by atoms with Crippen LogP contribution >= 0.6 is 0 Å². The molecule has 1 aromatic carbocycles. The molecule has 24 heavy (non-hydrogen) atoms. The lowest BCUT2D eigenvalue weighted by Gasteiger charge is -2.23. The van der Waals surface area contributed by atoms with Gasteiger partial charge < -0.3 is 10.2 Å². The zero-order valence-corrected chi connectivity index (χ0v) is 14.6. The van der Waals surface area contributed by atoms with E-state index in [1.165, 1.54) is 0 Å². The smallest absolute Gasteiger partial charge is 0.240 e. The number of nitrogens with zero attached hydrogens (tertiary/aromatic N) is 1. The molecule has 1 aliphatic carbocycles. The molecule has 1 atom stereocenters. The van der Waals surface area contributed by atoms with E-state index in [0.29, 0.717) is 24.0 Å². The Balaban J connectivity index is 1.76. The summed E-state index contributed by atoms with van der Waals surface area (Å²) in [5.41, 5.74) is 7.30. The van der Waals surface area contributed by atoms with Crippen LogP contribution < -0.4 is 10.5 Å². The van der Waals surface area contributed by atoms with Gasteiger partial charge in [-0.2, -0.15) is 0 Å². The van der Waals surface area contributed by atoms with Crippen molar-refractivity contribution in [3.05, 3.63) is 36.4 Å². The highest BCUT2D eigenvalue weighted by molar-refractivity contribution is 7.89. The van der Waals surface area contributed by atoms with Crippen LogP contribution in [0.5, 0.6) is 0 Å². The van der Waals surface area contributed by atoms with Gasteiger partial charge in [0.1, 0.15) is 12.0 Å². The Kier molecular flexibility index (Phi) is 5.03. The summed E-state index contributed by atoms with van der Waals surface area (Å²) in [5.74, 6) is 0.910. The largest absolute Gasteiger partial charge is 0.449 e. The number of oxazole rings is 1. The molecule has 0 amide bonds. The minimum absolute atomic E-state index is 0.199.